The first kappa shape index (κ1) is 14.5. The average Bonchev–Trinajstić information content (AvgIpc) is 2.40. The molecule has 1 aromatic carbocycles. The molecule has 104 valence electrons. The minimum atomic E-state index is -0.951. The van der Waals surface area contributed by atoms with Gasteiger partial charge in [-0.3, -0.25) is 0 Å². The number of pyridine rings is 1. The van der Waals surface area contributed by atoms with Crippen LogP contribution in [-0.2, 0) is 6.54 Å². The lowest BCUT2D eigenvalue weighted by Gasteiger charge is -2.21. The number of benzene rings is 1. The molecule has 20 heavy (non-hydrogen) atoms. The Balaban J connectivity index is 2.29. The third-order valence-electron chi connectivity index (χ3n) is 3.05. The van der Waals surface area contributed by atoms with Crippen LogP contribution in [0.25, 0.3) is 0 Å². The Morgan fingerprint density at radius 2 is 1.95 bits per heavy atom. The molecule has 0 saturated carbocycles. The van der Waals surface area contributed by atoms with Gasteiger partial charge in [0.25, 0.3) is 0 Å². The second-order valence-corrected chi connectivity index (χ2v) is 5.53. The number of aromatic carboxylic acids is 1. The van der Waals surface area contributed by atoms with Crippen molar-refractivity contribution in [3.63, 3.8) is 0 Å². The van der Waals surface area contributed by atoms with Gasteiger partial charge >= 0.3 is 5.97 Å². The van der Waals surface area contributed by atoms with Crippen molar-refractivity contribution in [2.45, 2.75) is 13.5 Å². The summed E-state index contributed by atoms with van der Waals surface area (Å²) in [5.41, 5.74) is 2.06. The zero-order valence-electron chi connectivity index (χ0n) is 11.3. The predicted molar refractivity (Wildman–Crippen MR) is 82.2 cm³/mol. The smallest absolute Gasteiger partial charge is 0.339 e. The highest BCUT2D eigenvalue weighted by molar-refractivity contribution is 9.10. The fourth-order valence-electron chi connectivity index (χ4n) is 2.04. The zero-order chi connectivity index (χ0) is 14.7. The number of aryl methyl sites for hydroxylation is 1. The van der Waals surface area contributed by atoms with Gasteiger partial charge in [-0.2, -0.15) is 0 Å². The molecule has 4 nitrogen and oxygen atoms in total. The second-order valence-electron chi connectivity index (χ2n) is 4.61. The van der Waals surface area contributed by atoms with Gasteiger partial charge in [-0.15, -0.1) is 0 Å². The van der Waals surface area contributed by atoms with E-state index in [1.807, 2.05) is 36.2 Å². The minimum absolute atomic E-state index is 0.257. The first-order valence-corrected chi connectivity index (χ1v) is 6.93. The van der Waals surface area contributed by atoms with Crippen LogP contribution in [0.3, 0.4) is 0 Å². The Labute approximate surface area is 126 Å². The molecule has 5 heteroatoms. The highest BCUT2D eigenvalue weighted by atomic mass is 79.9. The molecular weight excluding hydrogens is 320 g/mol. The molecule has 0 fully saturated rings. The Morgan fingerprint density at radius 1 is 1.30 bits per heavy atom. The Morgan fingerprint density at radius 3 is 2.55 bits per heavy atom. The van der Waals surface area contributed by atoms with E-state index in [1.54, 1.807) is 19.2 Å². The number of halogens is 1. The molecule has 0 bridgehead atoms. The molecule has 0 spiro atoms. The fourth-order valence-corrected chi connectivity index (χ4v) is 2.30. The van der Waals surface area contributed by atoms with Crippen molar-refractivity contribution in [3.8, 4) is 0 Å². The molecule has 0 aliphatic heterocycles. The monoisotopic (exact) mass is 334 g/mol. The number of hydrogen-bond donors (Lipinski definition) is 1. The SMILES string of the molecule is Cc1ccnc(N(C)Cc2ccc(Br)cc2)c1C(=O)O. The van der Waals surface area contributed by atoms with Crippen molar-refractivity contribution in [2.24, 2.45) is 0 Å². The molecule has 1 aromatic heterocycles. The van der Waals surface area contributed by atoms with Crippen LogP contribution in [0.4, 0.5) is 5.82 Å². The maximum Gasteiger partial charge on any atom is 0.339 e. The summed E-state index contributed by atoms with van der Waals surface area (Å²) in [4.78, 5) is 17.4. The Kier molecular flexibility index (Phi) is 4.39. The van der Waals surface area contributed by atoms with Crippen LogP contribution in [0.5, 0.6) is 0 Å². The van der Waals surface area contributed by atoms with Gasteiger partial charge in [0.2, 0.25) is 0 Å². The van der Waals surface area contributed by atoms with Gasteiger partial charge in [0.15, 0.2) is 0 Å². The number of aromatic nitrogens is 1. The maximum atomic E-state index is 11.4. The van der Waals surface area contributed by atoms with Crippen LogP contribution >= 0.6 is 15.9 Å². The average molecular weight is 335 g/mol. The van der Waals surface area contributed by atoms with Crippen molar-refractivity contribution in [2.75, 3.05) is 11.9 Å². The van der Waals surface area contributed by atoms with Crippen LogP contribution in [0.2, 0.25) is 0 Å². The van der Waals surface area contributed by atoms with E-state index < -0.39 is 5.97 Å². The van der Waals surface area contributed by atoms with Gasteiger partial charge in [0.1, 0.15) is 11.4 Å². The van der Waals surface area contributed by atoms with Gasteiger partial charge in [-0.1, -0.05) is 28.1 Å². The number of carboxylic acids is 1. The predicted octanol–water partition coefficient (Wildman–Crippen LogP) is 3.49. The van der Waals surface area contributed by atoms with Gasteiger partial charge in [0, 0.05) is 24.3 Å². The Hall–Kier alpha value is -1.88. The van der Waals surface area contributed by atoms with E-state index in [0.717, 1.165) is 10.0 Å². The molecule has 2 aromatic rings. The summed E-state index contributed by atoms with van der Waals surface area (Å²) >= 11 is 3.39. The highest BCUT2D eigenvalue weighted by Gasteiger charge is 2.17. The standard InChI is InChI=1S/C15H15BrN2O2/c1-10-7-8-17-14(13(10)15(19)20)18(2)9-11-3-5-12(16)6-4-11/h3-8H,9H2,1-2H3,(H,19,20). The fraction of sp³-hybridized carbons (Fsp3) is 0.200. The number of nitrogens with zero attached hydrogens (tertiary/aromatic N) is 2. The third-order valence-corrected chi connectivity index (χ3v) is 3.58. The first-order chi connectivity index (χ1) is 9.49. The van der Waals surface area contributed by atoms with E-state index in [1.165, 1.54) is 0 Å². The van der Waals surface area contributed by atoms with E-state index >= 15 is 0 Å². The molecule has 0 radical (unpaired) electrons. The van der Waals surface area contributed by atoms with Crippen LogP contribution in [0.15, 0.2) is 41.0 Å². The summed E-state index contributed by atoms with van der Waals surface area (Å²) < 4.78 is 1.02. The number of carbonyl (C=O) groups is 1. The van der Waals surface area contributed by atoms with Crippen LogP contribution in [-0.4, -0.2) is 23.1 Å². The molecule has 1 N–H and O–H groups in total. The summed E-state index contributed by atoms with van der Waals surface area (Å²) in [6, 6.07) is 9.63. The summed E-state index contributed by atoms with van der Waals surface area (Å²) in [5, 5.41) is 9.32. The highest BCUT2D eigenvalue weighted by Crippen LogP contribution is 2.22. The van der Waals surface area contributed by atoms with Crippen molar-refractivity contribution < 1.29 is 9.90 Å². The van der Waals surface area contributed by atoms with Crippen molar-refractivity contribution in [3.05, 3.63) is 57.7 Å². The first-order valence-electron chi connectivity index (χ1n) is 6.13. The molecule has 0 aliphatic rings. The van der Waals surface area contributed by atoms with E-state index in [9.17, 15) is 9.90 Å². The normalized spacial score (nSPS) is 10.3. The molecule has 0 saturated heterocycles. The largest absolute Gasteiger partial charge is 0.478 e. The molecule has 0 aliphatic carbocycles. The quantitative estimate of drug-likeness (QED) is 0.929. The minimum Gasteiger partial charge on any atom is -0.478 e. The maximum absolute atomic E-state index is 11.4. The van der Waals surface area contributed by atoms with Gasteiger partial charge in [-0.05, 0) is 36.2 Å². The number of hydrogen-bond acceptors (Lipinski definition) is 3. The summed E-state index contributed by atoms with van der Waals surface area (Å²) in [7, 11) is 1.84. The molecular formula is C15H15BrN2O2. The van der Waals surface area contributed by atoms with Gasteiger partial charge in [-0.25, -0.2) is 9.78 Å². The molecule has 1 heterocycles. The molecule has 2 rings (SSSR count). The molecule has 0 amide bonds. The van der Waals surface area contributed by atoms with Crippen molar-refractivity contribution in [1.29, 1.82) is 0 Å². The van der Waals surface area contributed by atoms with Crippen molar-refractivity contribution >= 4 is 27.7 Å². The summed E-state index contributed by atoms with van der Waals surface area (Å²) in [5.74, 6) is -0.464. The van der Waals surface area contributed by atoms with Gasteiger partial charge in [0.05, 0.1) is 0 Å². The number of rotatable bonds is 4. The molecule has 0 atom stereocenters. The van der Waals surface area contributed by atoms with E-state index in [4.69, 9.17) is 0 Å². The van der Waals surface area contributed by atoms with Gasteiger partial charge < -0.3 is 10.0 Å². The summed E-state index contributed by atoms with van der Waals surface area (Å²) in [6.45, 7) is 2.38. The lowest BCUT2D eigenvalue weighted by Crippen LogP contribution is -2.21. The molecule has 0 unspecified atom stereocenters. The second kappa shape index (κ2) is 6.05. The van der Waals surface area contributed by atoms with E-state index in [2.05, 4.69) is 20.9 Å². The lowest BCUT2D eigenvalue weighted by atomic mass is 10.1. The van der Waals surface area contributed by atoms with Crippen molar-refractivity contribution in [1.82, 2.24) is 4.98 Å². The Bertz CT molecular complexity index is 626. The van der Waals surface area contributed by atoms with E-state index in [-0.39, 0.29) is 5.56 Å². The zero-order valence-corrected chi connectivity index (χ0v) is 12.9. The van der Waals surface area contributed by atoms with Crippen LogP contribution < -0.4 is 4.90 Å². The summed E-state index contributed by atoms with van der Waals surface area (Å²) in [6.07, 6.45) is 1.63. The topological polar surface area (TPSA) is 53.4 Å². The number of anilines is 1. The van der Waals surface area contributed by atoms with Crippen LogP contribution in [0.1, 0.15) is 21.5 Å². The third kappa shape index (κ3) is 3.17. The van der Waals surface area contributed by atoms with Crippen LogP contribution in [0, 0.1) is 6.92 Å². The van der Waals surface area contributed by atoms with E-state index in [0.29, 0.717) is 17.9 Å². The number of carboxylic acid groups (broad SMARTS) is 1. The lowest BCUT2D eigenvalue weighted by molar-refractivity contribution is 0.0696.